The third-order valence-electron chi connectivity index (χ3n) is 6.54. The summed E-state index contributed by atoms with van der Waals surface area (Å²) in [5.41, 5.74) is -3.82. The van der Waals surface area contributed by atoms with Crippen LogP contribution in [0.25, 0.3) is 6.08 Å². The average molecular weight is 708 g/mol. The summed E-state index contributed by atoms with van der Waals surface area (Å²) in [7, 11) is 2.87. The Kier molecular flexibility index (Phi) is 11.6. The highest BCUT2D eigenvalue weighted by atomic mass is 32.2. The second kappa shape index (κ2) is 15.6. The van der Waals surface area contributed by atoms with E-state index in [1.807, 2.05) is 0 Å². The highest BCUT2D eigenvalue weighted by molar-refractivity contribution is 8.00. The number of benzene rings is 4. The zero-order valence-electron chi connectivity index (χ0n) is 25.3. The number of methoxy groups -OCH3 is 2. The monoisotopic (exact) mass is 707 g/mol. The number of carbonyl (C=O) groups excluding carboxylic acids is 3. The SMILES string of the molecule is COc1ccc(/C=C(/NC(=O)c2ccccc2)C(=O)Nc2cccc(SCC(=O)Nc3c(F)c(F)c(C(F)(F)F)c(F)c3F)c2)c(OC)c1. The van der Waals surface area contributed by atoms with Gasteiger partial charge in [0.2, 0.25) is 5.91 Å². The number of thioether (sulfide) groups is 1. The highest BCUT2D eigenvalue weighted by Gasteiger charge is 2.42. The molecule has 0 saturated carbocycles. The number of nitrogens with one attached hydrogen (secondary N) is 3. The molecule has 0 radical (unpaired) electrons. The molecule has 256 valence electrons. The van der Waals surface area contributed by atoms with Gasteiger partial charge in [0.15, 0.2) is 23.3 Å². The third-order valence-corrected chi connectivity index (χ3v) is 7.54. The standard InChI is InChI=1S/C33H24F7N3O5S/c1-47-20-12-11-18(23(15-20)48-2)13-22(42-31(45)17-7-4-3-5-8-17)32(46)41-19-9-6-10-21(14-19)49-16-24(44)43-30-28(36)26(34)25(33(38,39)40)27(35)29(30)37/h3-15H,16H2,1-2H3,(H,41,46)(H,42,45)(H,43,44)/b22-13+. The van der Waals surface area contributed by atoms with Crippen LogP contribution in [0.2, 0.25) is 0 Å². The molecule has 4 aromatic carbocycles. The van der Waals surface area contributed by atoms with Gasteiger partial charge in [0.05, 0.1) is 20.0 Å². The lowest BCUT2D eigenvalue weighted by atomic mass is 10.1. The zero-order chi connectivity index (χ0) is 35.9. The van der Waals surface area contributed by atoms with Crippen LogP contribution in [0.1, 0.15) is 21.5 Å². The van der Waals surface area contributed by atoms with E-state index in [4.69, 9.17) is 9.47 Å². The van der Waals surface area contributed by atoms with Crippen LogP contribution in [-0.4, -0.2) is 37.7 Å². The fourth-order valence-electron chi connectivity index (χ4n) is 4.21. The van der Waals surface area contributed by atoms with Crippen molar-refractivity contribution >= 4 is 46.9 Å². The molecule has 0 aliphatic carbocycles. The number of halogens is 7. The van der Waals surface area contributed by atoms with Gasteiger partial charge >= 0.3 is 6.18 Å². The summed E-state index contributed by atoms with van der Waals surface area (Å²) in [6.45, 7) is 0. The topological polar surface area (TPSA) is 106 Å². The minimum atomic E-state index is -5.73. The molecule has 4 rings (SSSR count). The predicted octanol–water partition coefficient (Wildman–Crippen LogP) is 7.42. The minimum Gasteiger partial charge on any atom is -0.497 e. The first-order valence-electron chi connectivity index (χ1n) is 13.8. The normalized spacial score (nSPS) is 11.5. The van der Waals surface area contributed by atoms with E-state index < -0.39 is 64.2 Å². The summed E-state index contributed by atoms with van der Waals surface area (Å²) in [6, 6.07) is 18.7. The van der Waals surface area contributed by atoms with Crippen molar-refractivity contribution in [2.75, 3.05) is 30.6 Å². The zero-order valence-corrected chi connectivity index (χ0v) is 26.1. The van der Waals surface area contributed by atoms with Crippen molar-refractivity contribution in [3.05, 3.63) is 118 Å². The van der Waals surface area contributed by atoms with Gasteiger partial charge in [0, 0.05) is 27.8 Å². The summed E-state index contributed by atoms with van der Waals surface area (Å²) in [6.07, 6.45) is -4.36. The summed E-state index contributed by atoms with van der Waals surface area (Å²) >= 11 is 0.755. The van der Waals surface area contributed by atoms with Crippen molar-refractivity contribution in [2.24, 2.45) is 0 Å². The van der Waals surface area contributed by atoms with E-state index in [0.717, 1.165) is 11.8 Å². The van der Waals surface area contributed by atoms with E-state index in [0.29, 0.717) is 22.0 Å². The first kappa shape index (κ1) is 36.3. The lowest BCUT2D eigenvalue weighted by molar-refractivity contribution is -0.143. The van der Waals surface area contributed by atoms with Gasteiger partial charge in [-0.3, -0.25) is 14.4 Å². The Morgan fingerprint density at radius 3 is 2.08 bits per heavy atom. The van der Waals surface area contributed by atoms with Crippen LogP contribution < -0.4 is 25.4 Å². The lowest BCUT2D eigenvalue weighted by Crippen LogP contribution is -2.30. The van der Waals surface area contributed by atoms with Crippen LogP contribution in [0, 0.1) is 23.3 Å². The van der Waals surface area contributed by atoms with E-state index in [1.54, 1.807) is 53.8 Å². The van der Waals surface area contributed by atoms with Crippen molar-refractivity contribution in [1.29, 1.82) is 0 Å². The van der Waals surface area contributed by atoms with Crippen molar-refractivity contribution in [1.82, 2.24) is 5.32 Å². The molecule has 0 aliphatic rings. The molecule has 49 heavy (non-hydrogen) atoms. The molecule has 0 atom stereocenters. The molecular formula is C33H24F7N3O5S. The Bertz CT molecular complexity index is 1890. The molecular weight excluding hydrogens is 683 g/mol. The van der Waals surface area contributed by atoms with Gasteiger partial charge in [-0.1, -0.05) is 24.3 Å². The summed E-state index contributed by atoms with van der Waals surface area (Å²) in [4.78, 5) is 39.1. The quantitative estimate of drug-likeness (QED) is 0.0649. The molecule has 0 unspecified atom stereocenters. The Balaban J connectivity index is 1.51. The van der Waals surface area contributed by atoms with E-state index in [2.05, 4.69) is 10.6 Å². The van der Waals surface area contributed by atoms with Crippen LogP contribution in [-0.2, 0) is 15.8 Å². The molecule has 0 saturated heterocycles. The molecule has 0 aromatic heterocycles. The number of anilines is 2. The smallest absolute Gasteiger partial charge is 0.422 e. The Morgan fingerprint density at radius 2 is 1.47 bits per heavy atom. The molecule has 3 amide bonds. The van der Waals surface area contributed by atoms with Crippen molar-refractivity contribution in [3.63, 3.8) is 0 Å². The van der Waals surface area contributed by atoms with E-state index in [9.17, 15) is 45.1 Å². The lowest BCUT2D eigenvalue weighted by Gasteiger charge is -2.15. The second-order valence-electron chi connectivity index (χ2n) is 9.81. The van der Waals surface area contributed by atoms with Gasteiger partial charge in [-0.15, -0.1) is 11.8 Å². The van der Waals surface area contributed by atoms with E-state index >= 15 is 0 Å². The Hall–Kier alpha value is -5.51. The van der Waals surface area contributed by atoms with Gasteiger partial charge in [-0.05, 0) is 48.5 Å². The second-order valence-corrected chi connectivity index (χ2v) is 10.9. The first-order valence-corrected chi connectivity index (χ1v) is 14.8. The van der Waals surface area contributed by atoms with Crippen LogP contribution in [0.15, 0.2) is 83.4 Å². The Morgan fingerprint density at radius 1 is 0.796 bits per heavy atom. The number of hydrogen-bond donors (Lipinski definition) is 3. The number of hydrogen-bond acceptors (Lipinski definition) is 6. The number of amides is 3. The van der Waals surface area contributed by atoms with Crippen molar-refractivity contribution < 1.29 is 54.6 Å². The van der Waals surface area contributed by atoms with E-state index in [-0.39, 0.29) is 16.9 Å². The fourth-order valence-corrected chi connectivity index (χ4v) is 4.97. The van der Waals surface area contributed by atoms with Gasteiger partial charge in [-0.25, -0.2) is 17.6 Å². The van der Waals surface area contributed by atoms with Crippen molar-refractivity contribution in [3.8, 4) is 11.5 Å². The maximum absolute atomic E-state index is 14.2. The third kappa shape index (κ3) is 8.90. The van der Waals surface area contributed by atoms with Crippen LogP contribution >= 0.6 is 11.8 Å². The maximum Gasteiger partial charge on any atom is 0.422 e. The largest absolute Gasteiger partial charge is 0.497 e. The Labute approximate surface area is 278 Å². The number of carbonyl (C=O) groups is 3. The van der Waals surface area contributed by atoms with Gasteiger partial charge < -0.3 is 25.4 Å². The molecule has 0 aliphatic heterocycles. The maximum atomic E-state index is 14.2. The molecule has 0 spiro atoms. The first-order chi connectivity index (χ1) is 23.2. The number of rotatable bonds is 11. The average Bonchev–Trinajstić information content (AvgIpc) is 3.08. The molecule has 0 fully saturated rings. The van der Waals surface area contributed by atoms with Crippen LogP contribution in [0.5, 0.6) is 11.5 Å². The molecule has 8 nitrogen and oxygen atoms in total. The fraction of sp³-hybridized carbons (Fsp3) is 0.121. The van der Waals surface area contributed by atoms with Gasteiger partial charge in [0.1, 0.15) is 28.4 Å². The van der Waals surface area contributed by atoms with Crippen LogP contribution in [0.4, 0.5) is 42.1 Å². The predicted molar refractivity (Wildman–Crippen MR) is 167 cm³/mol. The number of alkyl halides is 3. The van der Waals surface area contributed by atoms with Crippen molar-refractivity contribution in [2.45, 2.75) is 11.1 Å². The summed E-state index contributed by atoms with van der Waals surface area (Å²) in [5, 5.41) is 6.74. The minimum absolute atomic E-state index is 0.181. The molecule has 4 aromatic rings. The van der Waals surface area contributed by atoms with Gasteiger partial charge in [0.25, 0.3) is 11.8 Å². The summed E-state index contributed by atoms with van der Waals surface area (Å²) < 4.78 is 105. The van der Waals surface area contributed by atoms with E-state index in [1.165, 1.54) is 44.6 Å². The number of ether oxygens (including phenoxy) is 2. The molecule has 0 heterocycles. The molecule has 3 N–H and O–H groups in total. The molecule has 0 bridgehead atoms. The van der Waals surface area contributed by atoms with Gasteiger partial charge in [-0.2, -0.15) is 13.2 Å². The highest BCUT2D eigenvalue weighted by Crippen LogP contribution is 2.38. The molecule has 16 heteroatoms. The van der Waals surface area contributed by atoms with Crippen LogP contribution in [0.3, 0.4) is 0 Å². The summed E-state index contributed by atoms with van der Waals surface area (Å²) in [5.74, 6) is -12.6.